The number of rotatable bonds is 4. The second-order valence-corrected chi connectivity index (χ2v) is 5.42. The van der Waals surface area contributed by atoms with E-state index in [-0.39, 0.29) is 12.0 Å². The number of fused-ring (bicyclic) bond motifs is 1. The van der Waals surface area contributed by atoms with E-state index >= 15 is 0 Å². The van der Waals surface area contributed by atoms with Crippen LogP contribution in [0.5, 0.6) is 0 Å². The number of nitrogens with one attached hydrogen (secondary N) is 1. The molecule has 0 unspecified atom stereocenters. The average Bonchev–Trinajstić information content (AvgIpc) is 2.38. The normalized spacial score (nSPS) is 11.8. The average molecular weight is 266 g/mol. The van der Waals surface area contributed by atoms with Crippen LogP contribution in [-0.2, 0) is 0 Å². The Bertz CT molecular complexity index is 557. The first-order chi connectivity index (χ1) is 8.53. The van der Waals surface area contributed by atoms with E-state index in [2.05, 4.69) is 15.5 Å². The molecular formula is C13H16ClN3O. The number of anilines is 1. The van der Waals surface area contributed by atoms with Gasteiger partial charge in [0, 0.05) is 29.3 Å². The van der Waals surface area contributed by atoms with Crippen molar-refractivity contribution in [1.82, 2.24) is 10.2 Å². The van der Waals surface area contributed by atoms with Gasteiger partial charge < -0.3 is 10.4 Å². The van der Waals surface area contributed by atoms with Crippen molar-refractivity contribution >= 4 is 28.2 Å². The van der Waals surface area contributed by atoms with E-state index in [1.165, 1.54) is 0 Å². The number of hydrogen-bond acceptors (Lipinski definition) is 4. The number of nitrogens with zero attached hydrogens (tertiary/aromatic N) is 2. The van der Waals surface area contributed by atoms with Crippen molar-refractivity contribution in [1.29, 1.82) is 0 Å². The Hall–Kier alpha value is -1.39. The third-order valence-electron chi connectivity index (χ3n) is 2.80. The lowest BCUT2D eigenvalue weighted by molar-refractivity contribution is 0.171. The van der Waals surface area contributed by atoms with Gasteiger partial charge in [0.05, 0.1) is 0 Å². The van der Waals surface area contributed by atoms with Crippen molar-refractivity contribution in [3.05, 3.63) is 29.4 Å². The maximum absolute atomic E-state index is 9.23. The summed E-state index contributed by atoms with van der Waals surface area (Å²) in [6.07, 6.45) is 0. The molecule has 4 nitrogen and oxygen atoms in total. The molecule has 0 aliphatic carbocycles. The Kier molecular flexibility index (Phi) is 3.68. The van der Waals surface area contributed by atoms with Gasteiger partial charge in [0.25, 0.3) is 0 Å². The van der Waals surface area contributed by atoms with Crippen LogP contribution in [0.25, 0.3) is 10.8 Å². The molecule has 0 aliphatic rings. The number of hydrogen-bond donors (Lipinski definition) is 2. The molecule has 2 rings (SSSR count). The molecule has 5 heteroatoms. The Balaban J connectivity index is 2.32. The molecule has 0 saturated heterocycles. The van der Waals surface area contributed by atoms with Gasteiger partial charge in [-0.15, -0.1) is 10.2 Å². The fourth-order valence-corrected chi connectivity index (χ4v) is 1.78. The van der Waals surface area contributed by atoms with Gasteiger partial charge in [-0.05, 0) is 0 Å². The van der Waals surface area contributed by atoms with Crippen LogP contribution < -0.4 is 5.32 Å². The van der Waals surface area contributed by atoms with Gasteiger partial charge in [0.15, 0.2) is 11.0 Å². The van der Waals surface area contributed by atoms with Gasteiger partial charge in [-0.25, -0.2) is 0 Å². The van der Waals surface area contributed by atoms with Gasteiger partial charge in [0.1, 0.15) is 0 Å². The van der Waals surface area contributed by atoms with Crippen molar-refractivity contribution in [2.45, 2.75) is 13.8 Å². The number of aliphatic hydroxyl groups is 1. The number of aliphatic hydroxyl groups excluding tert-OH is 1. The zero-order chi connectivity index (χ0) is 13.2. The first kappa shape index (κ1) is 13.1. The van der Waals surface area contributed by atoms with Gasteiger partial charge in [-0.2, -0.15) is 0 Å². The second-order valence-electron chi connectivity index (χ2n) is 5.06. The Morgan fingerprint density at radius 3 is 2.56 bits per heavy atom. The van der Waals surface area contributed by atoms with Gasteiger partial charge in [-0.1, -0.05) is 49.7 Å². The lowest BCUT2D eigenvalue weighted by Crippen LogP contribution is -2.27. The number of halogens is 1. The first-order valence-electron chi connectivity index (χ1n) is 5.79. The van der Waals surface area contributed by atoms with Crippen molar-refractivity contribution in [3.63, 3.8) is 0 Å². The van der Waals surface area contributed by atoms with Crippen LogP contribution in [0.2, 0.25) is 5.15 Å². The summed E-state index contributed by atoms with van der Waals surface area (Å²) in [5.41, 5.74) is -0.206. The van der Waals surface area contributed by atoms with Crippen LogP contribution >= 0.6 is 11.6 Å². The maximum atomic E-state index is 9.23. The van der Waals surface area contributed by atoms with Crippen LogP contribution in [-0.4, -0.2) is 28.5 Å². The van der Waals surface area contributed by atoms with Crippen LogP contribution in [0, 0.1) is 5.41 Å². The molecule has 1 aromatic heterocycles. The summed E-state index contributed by atoms with van der Waals surface area (Å²) < 4.78 is 0. The van der Waals surface area contributed by atoms with E-state index in [9.17, 15) is 5.11 Å². The molecule has 1 heterocycles. The fourth-order valence-electron chi connectivity index (χ4n) is 1.58. The van der Waals surface area contributed by atoms with Gasteiger partial charge in [-0.3, -0.25) is 0 Å². The Morgan fingerprint density at radius 1 is 1.22 bits per heavy atom. The van der Waals surface area contributed by atoms with Crippen molar-refractivity contribution < 1.29 is 5.11 Å². The van der Waals surface area contributed by atoms with Crippen LogP contribution in [0.15, 0.2) is 24.3 Å². The lowest BCUT2D eigenvalue weighted by atomic mass is 9.95. The van der Waals surface area contributed by atoms with E-state index < -0.39 is 0 Å². The van der Waals surface area contributed by atoms with E-state index in [1.807, 2.05) is 38.1 Å². The Labute approximate surface area is 111 Å². The zero-order valence-electron chi connectivity index (χ0n) is 10.4. The number of benzene rings is 1. The molecular weight excluding hydrogens is 250 g/mol. The van der Waals surface area contributed by atoms with E-state index in [0.29, 0.717) is 17.5 Å². The molecule has 0 fully saturated rings. The predicted molar refractivity (Wildman–Crippen MR) is 73.9 cm³/mol. The topological polar surface area (TPSA) is 58.0 Å². The maximum Gasteiger partial charge on any atom is 0.159 e. The van der Waals surface area contributed by atoms with Gasteiger partial charge in [0.2, 0.25) is 0 Å². The standard InChI is InChI=1S/C13H16ClN3O/c1-13(2,8-18)7-15-12-10-6-4-3-5-9(10)11(14)16-17-12/h3-6,18H,7-8H2,1-2H3,(H,15,17). The SMILES string of the molecule is CC(C)(CO)CNc1nnc(Cl)c2ccccc12. The minimum atomic E-state index is -0.206. The monoisotopic (exact) mass is 265 g/mol. The minimum absolute atomic E-state index is 0.110. The summed E-state index contributed by atoms with van der Waals surface area (Å²) in [6.45, 7) is 4.68. The Morgan fingerprint density at radius 2 is 1.89 bits per heavy atom. The summed E-state index contributed by atoms with van der Waals surface area (Å²) in [5.74, 6) is 0.691. The highest BCUT2D eigenvalue weighted by atomic mass is 35.5. The van der Waals surface area contributed by atoms with Crippen LogP contribution in [0.4, 0.5) is 5.82 Å². The molecule has 18 heavy (non-hydrogen) atoms. The first-order valence-corrected chi connectivity index (χ1v) is 6.17. The largest absolute Gasteiger partial charge is 0.396 e. The predicted octanol–water partition coefficient (Wildman–Crippen LogP) is 2.71. The van der Waals surface area contributed by atoms with Gasteiger partial charge >= 0.3 is 0 Å². The second kappa shape index (κ2) is 5.08. The summed E-state index contributed by atoms with van der Waals surface area (Å²) in [7, 11) is 0. The highest BCUT2D eigenvalue weighted by molar-refractivity contribution is 6.34. The smallest absolute Gasteiger partial charge is 0.159 e. The molecule has 96 valence electrons. The quantitative estimate of drug-likeness (QED) is 0.892. The van der Waals surface area contributed by atoms with E-state index in [0.717, 1.165) is 10.8 Å². The number of aromatic nitrogens is 2. The van der Waals surface area contributed by atoms with Crippen molar-refractivity contribution in [3.8, 4) is 0 Å². The van der Waals surface area contributed by atoms with Crippen molar-refractivity contribution in [2.75, 3.05) is 18.5 Å². The molecule has 0 radical (unpaired) electrons. The van der Waals surface area contributed by atoms with E-state index in [4.69, 9.17) is 11.6 Å². The molecule has 2 N–H and O–H groups in total. The van der Waals surface area contributed by atoms with Crippen LogP contribution in [0.3, 0.4) is 0 Å². The van der Waals surface area contributed by atoms with Crippen LogP contribution in [0.1, 0.15) is 13.8 Å². The molecule has 0 aliphatic heterocycles. The zero-order valence-corrected chi connectivity index (χ0v) is 11.2. The summed E-state index contributed by atoms with van der Waals surface area (Å²) >= 11 is 6.00. The molecule has 2 aromatic rings. The highest BCUT2D eigenvalue weighted by Gasteiger charge is 2.17. The molecule has 0 bridgehead atoms. The molecule has 0 saturated carbocycles. The highest BCUT2D eigenvalue weighted by Crippen LogP contribution is 2.26. The molecule has 0 spiro atoms. The molecule has 1 aromatic carbocycles. The third-order valence-corrected chi connectivity index (χ3v) is 3.08. The van der Waals surface area contributed by atoms with Crippen molar-refractivity contribution in [2.24, 2.45) is 5.41 Å². The minimum Gasteiger partial charge on any atom is -0.396 e. The summed E-state index contributed by atoms with van der Waals surface area (Å²) in [6, 6.07) is 7.71. The summed E-state index contributed by atoms with van der Waals surface area (Å²) in [4.78, 5) is 0. The molecule has 0 amide bonds. The molecule has 0 atom stereocenters. The van der Waals surface area contributed by atoms with E-state index in [1.54, 1.807) is 0 Å². The summed E-state index contributed by atoms with van der Waals surface area (Å²) in [5, 5.41) is 22.6. The lowest BCUT2D eigenvalue weighted by Gasteiger charge is -2.22. The fraction of sp³-hybridized carbons (Fsp3) is 0.385. The third kappa shape index (κ3) is 2.71.